The quantitative estimate of drug-likeness (QED) is 0.0272. The van der Waals surface area contributed by atoms with Gasteiger partial charge in [-0.2, -0.15) is 0 Å². The predicted molar refractivity (Wildman–Crippen MR) is 289 cm³/mol. The van der Waals surface area contributed by atoms with Crippen molar-refractivity contribution in [1.82, 2.24) is 5.32 Å². The van der Waals surface area contributed by atoms with Gasteiger partial charge >= 0.3 is 0 Å². The van der Waals surface area contributed by atoms with E-state index in [0.29, 0.717) is 23.9 Å². The van der Waals surface area contributed by atoms with Crippen LogP contribution in [0.25, 0.3) is 0 Å². The summed E-state index contributed by atoms with van der Waals surface area (Å²) >= 11 is 0. The molecule has 0 heterocycles. The fraction of sp³-hybridized carbons (Fsp3) is 0.948. The van der Waals surface area contributed by atoms with Crippen molar-refractivity contribution >= 4 is 13.7 Å². The first-order valence-electron chi connectivity index (χ1n) is 29.5. The molecule has 0 aliphatic carbocycles. The summed E-state index contributed by atoms with van der Waals surface area (Å²) in [4.78, 5) is 25.5. The number of quaternary nitrogens is 1. The van der Waals surface area contributed by atoms with Gasteiger partial charge in [0.1, 0.15) is 13.2 Å². The van der Waals surface area contributed by atoms with E-state index in [4.69, 9.17) is 9.05 Å². The number of aliphatic hydroxyl groups excluding tert-OH is 1. The Labute approximate surface area is 418 Å². The lowest BCUT2D eigenvalue weighted by molar-refractivity contribution is -0.870. The van der Waals surface area contributed by atoms with Gasteiger partial charge in [-0.3, -0.25) is 9.36 Å². The van der Waals surface area contributed by atoms with Gasteiger partial charge < -0.3 is 28.8 Å². The van der Waals surface area contributed by atoms with Crippen molar-refractivity contribution in [1.29, 1.82) is 0 Å². The molecule has 0 bridgehead atoms. The van der Waals surface area contributed by atoms with Crippen LogP contribution in [-0.2, 0) is 18.4 Å². The molecular formula is C58H117N2O6P. The van der Waals surface area contributed by atoms with Crippen molar-refractivity contribution < 1.29 is 32.9 Å². The second kappa shape index (κ2) is 50.2. The molecule has 0 aromatic heterocycles. The second-order valence-electron chi connectivity index (χ2n) is 21.7. The monoisotopic (exact) mass is 969 g/mol. The Morgan fingerprint density at radius 2 is 0.821 bits per heavy atom. The van der Waals surface area contributed by atoms with Crippen molar-refractivity contribution in [2.45, 2.75) is 315 Å². The van der Waals surface area contributed by atoms with Gasteiger partial charge in [-0.1, -0.05) is 270 Å². The third-order valence-corrected chi connectivity index (χ3v) is 14.7. The normalized spacial score (nSPS) is 14.0. The zero-order chi connectivity index (χ0) is 49.2. The molecule has 0 fully saturated rings. The largest absolute Gasteiger partial charge is 0.756 e. The van der Waals surface area contributed by atoms with Gasteiger partial charge in [0.2, 0.25) is 5.91 Å². The van der Waals surface area contributed by atoms with Gasteiger partial charge in [0.15, 0.2) is 0 Å². The first-order valence-corrected chi connectivity index (χ1v) is 31.0. The van der Waals surface area contributed by atoms with Gasteiger partial charge in [-0.25, -0.2) is 0 Å². The van der Waals surface area contributed by atoms with Crippen molar-refractivity contribution in [2.75, 3.05) is 40.9 Å². The third-order valence-electron chi connectivity index (χ3n) is 13.8. The van der Waals surface area contributed by atoms with Crippen LogP contribution in [0.1, 0.15) is 303 Å². The van der Waals surface area contributed by atoms with E-state index in [9.17, 15) is 19.4 Å². The second-order valence-corrected chi connectivity index (χ2v) is 23.1. The Hall–Kier alpha value is -0.760. The Morgan fingerprint density at radius 1 is 0.507 bits per heavy atom. The van der Waals surface area contributed by atoms with Crippen LogP contribution in [0.15, 0.2) is 12.2 Å². The Morgan fingerprint density at radius 3 is 1.16 bits per heavy atom. The van der Waals surface area contributed by atoms with Crippen LogP contribution in [0, 0.1) is 0 Å². The highest BCUT2D eigenvalue weighted by atomic mass is 31.2. The molecule has 3 unspecified atom stereocenters. The number of carbonyl (C=O) groups is 1. The lowest BCUT2D eigenvalue weighted by Gasteiger charge is -2.30. The molecule has 0 aliphatic rings. The minimum absolute atomic E-state index is 0.0138. The molecule has 3 atom stereocenters. The number of nitrogens with one attached hydrogen (secondary N) is 1. The molecule has 0 radical (unpaired) electrons. The zero-order valence-electron chi connectivity index (χ0n) is 45.6. The van der Waals surface area contributed by atoms with Crippen LogP contribution in [0.5, 0.6) is 0 Å². The number of likely N-dealkylation sites (N-methyl/N-ethyl adjacent to an activating group) is 1. The molecule has 0 saturated heterocycles. The number of phosphoric acid groups is 1. The molecule has 1 amide bonds. The van der Waals surface area contributed by atoms with Crippen LogP contribution in [0.2, 0.25) is 0 Å². The Bertz CT molecular complexity index is 1100. The van der Waals surface area contributed by atoms with Crippen LogP contribution in [-0.4, -0.2) is 68.5 Å². The first kappa shape index (κ1) is 66.2. The summed E-state index contributed by atoms with van der Waals surface area (Å²) in [6, 6.07) is -0.801. The molecule has 0 aromatic rings. The third kappa shape index (κ3) is 52.9. The summed E-state index contributed by atoms with van der Waals surface area (Å²) in [6.07, 6.45) is 61.0. The SMILES string of the molecule is CCCCCCCCCCC/C=C\CCCCCCCCCC(=O)NC(COP(=O)([O-])OCC[N+](C)(C)C)C(O)CCCCCCCCCCCCCCCCCCCCCCCCCCC. The number of allylic oxidation sites excluding steroid dienone is 2. The molecule has 400 valence electrons. The number of rotatable bonds is 55. The van der Waals surface area contributed by atoms with E-state index in [0.717, 1.165) is 38.5 Å². The van der Waals surface area contributed by atoms with E-state index in [1.165, 1.54) is 238 Å². The summed E-state index contributed by atoms with van der Waals surface area (Å²) in [5.74, 6) is -0.164. The topological polar surface area (TPSA) is 108 Å². The van der Waals surface area contributed by atoms with Crippen molar-refractivity contribution in [3.63, 3.8) is 0 Å². The molecular weight excluding hydrogens is 852 g/mol. The fourth-order valence-corrected chi connectivity index (χ4v) is 9.82. The summed E-state index contributed by atoms with van der Waals surface area (Å²) in [6.45, 7) is 4.77. The van der Waals surface area contributed by atoms with Crippen LogP contribution >= 0.6 is 7.82 Å². The maximum Gasteiger partial charge on any atom is 0.268 e. The zero-order valence-corrected chi connectivity index (χ0v) is 46.5. The predicted octanol–water partition coefficient (Wildman–Crippen LogP) is 17.2. The lowest BCUT2D eigenvalue weighted by atomic mass is 10.0. The number of unbranched alkanes of at least 4 members (excludes halogenated alkanes) is 40. The molecule has 0 aliphatic heterocycles. The number of hydrogen-bond acceptors (Lipinski definition) is 6. The smallest absolute Gasteiger partial charge is 0.268 e. The molecule has 8 nitrogen and oxygen atoms in total. The van der Waals surface area contributed by atoms with Gasteiger partial charge in [0, 0.05) is 6.42 Å². The van der Waals surface area contributed by atoms with Gasteiger partial charge in [0.25, 0.3) is 7.82 Å². The van der Waals surface area contributed by atoms with Crippen LogP contribution in [0.3, 0.4) is 0 Å². The standard InChI is InChI=1S/C58H117N2O6P/c1-6-8-10-12-14-16-18-20-22-24-26-28-29-30-31-32-33-35-37-39-41-43-45-47-49-51-57(61)56(55-66-67(63,64)65-54-53-60(3,4)5)59-58(62)52-50-48-46-44-42-40-38-36-34-27-25-23-21-19-17-15-13-11-9-7-2/h27,34,56-57,61H,6-26,28-33,35-55H2,1-5H3,(H-,59,62,63,64)/b34-27-. The van der Waals surface area contributed by atoms with Crippen LogP contribution in [0.4, 0.5) is 0 Å². The van der Waals surface area contributed by atoms with Crippen LogP contribution < -0.4 is 10.2 Å². The van der Waals surface area contributed by atoms with E-state index in [1.807, 2.05) is 21.1 Å². The van der Waals surface area contributed by atoms with E-state index >= 15 is 0 Å². The summed E-state index contributed by atoms with van der Waals surface area (Å²) in [5, 5.41) is 14.0. The highest BCUT2D eigenvalue weighted by Crippen LogP contribution is 2.38. The van der Waals surface area contributed by atoms with E-state index in [-0.39, 0.29) is 19.1 Å². The molecule has 0 spiro atoms. The minimum Gasteiger partial charge on any atom is -0.756 e. The average Bonchev–Trinajstić information content (AvgIpc) is 3.29. The molecule has 67 heavy (non-hydrogen) atoms. The molecule has 0 aromatic carbocycles. The average molecular weight is 970 g/mol. The first-order chi connectivity index (χ1) is 32.5. The van der Waals surface area contributed by atoms with Crippen molar-refractivity contribution in [2.24, 2.45) is 0 Å². The van der Waals surface area contributed by atoms with Gasteiger partial charge in [0.05, 0.1) is 39.9 Å². The number of phosphoric ester groups is 1. The van der Waals surface area contributed by atoms with E-state index in [2.05, 4.69) is 31.3 Å². The van der Waals surface area contributed by atoms with Crippen molar-refractivity contribution in [3.05, 3.63) is 12.2 Å². The Kier molecular flexibility index (Phi) is 49.6. The lowest BCUT2D eigenvalue weighted by Crippen LogP contribution is -2.46. The molecule has 0 saturated carbocycles. The maximum atomic E-state index is 13.0. The summed E-state index contributed by atoms with van der Waals surface area (Å²) in [7, 11) is 1.32. The molecule has 0 rings (SSSR count). The van der Waals surface area contributed by atoms with Gasteiger partial charge in [-0.05, 0) is 38.5 Å². The fourth-order valence-electron chi connectivity index (χ4n) is 9.10. The van der Waals surface area contributed by atoms with Gasteiger partial charge in [-0.15, -0.1) is 0 Å². The van der Waals surface area contributed by atoms with E-state index < -0.39 is 20.0 Å². The summed E-state index contributed by atoms with van der Waals surface area (Å²) in [5.41, 5.74) is 0. The number of hydrogen-bond donors (Lipinski definition) is 2. The highest BCUT2D eigenvalue weighted by molar-refractivity contribution is 7.45. The maximum absolute atomic E-state index is 13.0. The number of amides is 1. The number of nitrogens with zero attached hydrogens (tertiary/aromatic N) is 1. The Balaban J connectivity index is 4.13. The van der Waals surface area contributed by atoms with Crippen molar-refractivity contribution in [3.8, 4) is 0 Å². The van der Waals surface area contributed by atoms with E-state index in [1.54, 1.807) is 0 Å². The number of carbonyl (C=O) groups excluding carboxylic acids is 1. The number of aliphatic hydroxyl groups is 1. The summed E-state index contributed by atoms with van der Waals surface area (Å²) < 4.78 is 23.4. The molecule has 9 heteroatoms. The molecule has 2 N–H and O–H groups in total. The highest BCUT2D eigenvalue weighted by Gasteiger charge is 2.24. The minimum atomic E-state index is -4.57.